The zero-order valence-electron chi connectivity index (χ0n) is 12.4. The minimum atomic E-state index is 0.281. The quantitative estimate of drug-likeness (QED) is 0.821. The number of thioether (sulfide) groups is 1. The summed E-state index contributed by atoms with van der Waals surface area (Å²) in [5.74, 6) is 2.48. The topological polar surface area (TPSA) is 51.0 Å². The summed E-state index contributed by atoms with van der Waals surface area (Å²) < 4.78 is 5.20. The van der Waals surface area contributed by atoms with Crippen LogP contribution in [0.4, 0.5) is 0 Å². The molecule has 0 radical (unpaired) electrons. The SMILES string of the molecule is CNC(C)c1ccc(SCc2noc(C(C)C)n2)cc1. The van der Waals surface area contributed by atoms with E-state index in [1.54, 1.807) is 11.8 Å². The van der Waals surface area contributed by atoms with Gasteiger partial charge in [0.05, 0.1) is 5.75 Å². The van der Waals surface area contributed by atoms with Gasteiger partial charge in [0.1, 0.15) is 0 Å². The van der Waals surface area contributed by atoms with Crippen LogP contribution in [0.3, 0.4) is 0 Å². The molecule has 0 aliphatic carbocycles. The predicted octanol–water partition coefficient (Wildman–Crippen LogP) is 3.77. The van der Waals surface area contributed by atoms with Crippen molar-refractivity contribution in [3.63, 3.8) is 0 Å². The number of rotatable bonds is 6. The van der Waals surface area contributed by atoms with Gasteiger partial charge in [-0.05, 0) is 31.7 Å². The maximum atomic E-state index is 5.20. The summed E-state index contributed by atoms with van der Waals surface area (Å²) in [7, 11) is 1.97. The Hall–Kier alpha value is -1.33. The lowest BCUT2D eigenvalue weighted by molar-refractivity contribution is 0.362. The Morgan fingerprint density at radius 3 is 2.45 bits per heavy atom. The number of aromatic nitrogens is 2. The molecule has 20 heavy (non-hydrogen) atoms. The smallest absolute Gasteiger partial charge is 0.229 e. The summed E-state index contributed by atoms with van der Waals surface area (Å²) in [5.41, 5.74) is 1.29. The molecule has 0 aliphatic heterocycles. The van der Waals surface area contributed by atoms with Gasteiger partial charge in [0.2, 0.25) is 5.89 Å². The van der Waals surface area contributed by atoms with Crippen molar-refractivity contribution in [2.45, 2.75) is 43.4 Å². The van der Waals surface area contributed by atoms with Crippen LogP contribution < -0.4 is 5.32 Å². The lowest BCUT2D eigenvalue weighted by atomic mass is 10.1. The Kier molecular flexibility index (Phi) is 5.20. The van der Waals surface area contributed by atoms with Crippen molar-refractivity contribution in [3.8, 4) is 0 Å². The van der Waals surface area contributed by atoms with E-state index in [-0.39, 0.29) is 5.92 Å². The summed E-state index contributed by atoms with van der Waals surface area (Å²) in [5, 5.41) is 7.23. The van der Waals surface area contributed by atoms with Crippen LogP contribution in [0.1, 0.15) is 50.0 Å². The van der Waals surface area contributed by atoms with Gasteiger partial charge >= 0.3 is 0 Å². The van der Waals surface area contributed by atoms with Crippen LogP contribution in [0.25, 0.3) is 0 Å². The van der Waals surface area contributed by atoms with Crippen LogP contribution in [0.2, 0.25) is 0 Å². The van der Waals surface area contributed by atoms with Crippen molar-refractivity contribution in [2.75, 3.05) is 7.05 Å². The number of hydrogen-bond donors (Lipinski definition) is 1. The monoisotopic (exact) mass is 291 g/mol. The highest BCUT2D eigenvalue weighted by Crippen LogP contribution is 2.24. The molecule has 1 N–H and O–H groups in total. The van der Waals surface area contributed by atoms with Gasteiger partial charge in [-0.15, -0.1) is 11.8 Å². The first-order valence-corrected chi connectivity index (χ1v) is 7.81. The summed E-state index contributed by atoms with van der Waals surface area (Å²) in [4.78, 5) is 5.59. The number of nitrogens with one attached hydrogen (secondary N) is 1. The molecule has 4 nitrogen and oxygen atoms in total. The van der Waals surface area contributed by atoms with Crippen molar-refractivity contribution in [1.82, 2.24) is 15.5 Å². The Morgan fingerprint density at radius 2 is 1.90 bits per heavy atom. The minimum absolute atomic E-state index is 0.281. The van der Waals surface area contributed by atoms with Crippen LogP contribution >= 0.6 is 11.8 Å². The largest absolute Gasteiger partial charge is 0.339 e. The zero-order chi connectivity index (χ0) is 14.5. The zero-order valence-corrected chi connectivity index (χ0v) is 13.2. The third-order valence-corrected chi connectivity index (χ3v) is 4.17. The second-order valence-corrected chi connectivity index (χ2v) is 6.12. The van der Waals surface area contributed by atoms with Gasteiger partial charge in [-0.25, -0.2) is 0 Å². The maximum absolute atomic E-state index is 5.20. The highest BCUT2D eigenvalue weighted by atomic mass is 32.2. The van der Waals surface area contributed by atoms with Gasteiger partial charge in [-0.1, -0.05) is 31.1 Å². The second kappa shape index (κ2) is 6.90. The van der Waals surface area contributed by atoms with Gasteiger partial charge < -0.3 is 9.84 Å². The predicted molar refractivity (Wildman–Crippen MR) is 81.9 cm³/mol. The van der Waals surface area contributed by atoms with E-state index in [9.17, 15) is 0 Å². The molecule has 2 aromatic rings. The van der Waals surface area contributed by atoms with Crippen LogP contribution in [-0.2, 0) is 5.75 Å². The van der Waals surface area contributed by atoms with Crippen LogP contribution in [0, 0.1) is 0 Å². The van der Waals surface area contributed by atoms with E-state index < -0.39 is 0 Å². The average Bonchev–Trinajstić information content (AvgIpc) is 2.94. The summed E-state index contributed by atoms with van der Waals surface area (Å²) in [6.07, 6.45) is 0. The molecular formula is C15H21N3OS. The van der Waals surface area contributed by atoms with Crippen LogP contribution in [-0.4, -0.2) is 17.2 Å². The fourth-order valence-corrected chi connectivity index (χ4v) is 2.47. The van der Waals surface area contributed by atoms with Crippen molar-refractivity contribution in [2.24, 2.45) is 0 Å². The van der Waals surface area contributed by atoms with Crippen LogP contribution in [0.5, 0.6) is 0 Å². The van der Waals surface area contributed by atoms with Gasteiger partial charge in [0.25, 0.3) is 0 Å². The maximum Gasteiger partial charge on any atom is 0.229 e. The first-order valence-electron chi connectivity index (χ1n) is 6.82. The Bertz CT molecular complexity index is 536. The number of benzene rings is 1. The molecule has 2 rings (SSSR count). The van der Waals surface area contributed by atoms with Crippen molar-refractivity contribution in [3.05, 3.63) is 41.5 Å². The van der Waals surface area contributed by atoms with E-state index in [0.717, 1.165) is 11.6 Å². The lowest BCUT2D eigenvalue weighted by Crippen LogP contribution is -2.11. The molecule has 0 bridgehead atoms. The number of nitrogens with zero attached hydrogens (tertiary/aromatic N) is 2. The molecule has 0 saturated heterocycles. The Morgan fingerprint density at radius 1 is 1.20 bits per heavy atom. The molecule has 0 saturated carbocycles. The normalized spacial score (nSPS) is 12.8. The highest BCUT2D eigenvalue weighted by molar-refractivity contribution is 7.98. The molecule has 0 spiro atoms. The van der Waals surface area contributed by atoms with E-state index in [2.05, 4.69) is 46.6 Å². The van der Waals surface area contributed by atoms with Gasteiger partial charge in [-0.2, -0.15) is 4.98 Å². The molecule has 108 valence electrons. The van der Waals surface area contributed by atoms with Gasteiger partial charge in [0.15, 0.2) is 5.82 Å². The van der Waals surface area contributed by atoms with Gasteiger partial charge in [0, 0.05) is 16.9 Å². The standard InChI is InChI=1S/C15H21N3OS/c1-10(2)15-17-14(18-19-15)9-20-13-7-5-12(6-8-13)11(3)16-4/h5-8,10-11,16H,9H2,1-4H3. The number of hydrogen-bond acceptors (Lipinski definition) is 5. The first-order chi connectivity index (χ1) is 9.60. The molecular weight excluding hydrogens is 270 g/mol. The van der Waals surface area contributed by atoms with E-state index in [1.165, 1.54) is 10.5 Å². The fourth-order valence-electron chi connectivity index (χ4n) is 1.73. The molecule has 5 heteroatoms. The van der Waals surface area contributed by atoms with E-state index in [4.69, 9.17) is 4.52 Å². The van der Waals surface area contributed by atoms with Crippen molar-refractivity contribution < 1.29 is 4.52 Å². The molecule has 1 aromatic carbocycles. The molecule has 1 aromatic heterocycles. The van der Waals surface area contributed by atoms with E-state index >= 15 is 0 Å². The lowest BCUT2D eigenvalue weighted by Gasteiger charge is -2.10. The third kappa shape index (κ3) is 3.84. The first kappa shape index (κ1) is 15.1. The Balaban J connectivity index is 1.93. The van der Waals surface area contributed by atoms with Crippen molar-refractivity contribution in [1.29, 1.82) is 0 Å². The fraction of sp³-hybridized carbons (Fsp3) is 0.467. The van der Waals surface area contributed by atoms with Crippen molar-refractivity contribution >= 4 is 11.8 Å². The summed E-state index contributed by atoms with van der Waals surface area (Å²) >= 11 is 1.72. The third-order valence-electron chi connectivity index (χ3n) is 3.16. The van der Waals surface area contributed by atoms with E-state index in [0.29, 0.717) is 11.9 Å². The van der Waals surface area contributed by atoms with Gasteiger partial charge in [-0.3, -0.25) is 0 Å². The minimum Gasteiger partial charge on any atom is -0.339 e. The molecule has 0 aliphatic rings. The summed E-state index contributed by atoms with van der Waals surface area (Å²) in [6, 6.07) is 8.95. The second-order valence-electron chi connectivity index (χ2n) is 5.07. The molecule has 1 unspecified atom stereocenters. The van der Waals surface area contributed by atoms with Crippen LogP contribution in [0.15, 0.2) is 33.7 Å². The van der Waals surface area contributed by atoms with E-state index in [1.807, 2.05) is 20.9 Å². The Labute approximate surface area is 124 Å². The molecule has 1 atom stereocenters. The summed E-state index contributed by atoms with van der Waals surface area (Å²) in [6.45, 7) is 6.24. The molecule has 0 fully saturated rings. The molecule has 1 heterocycles. The molecule has 0 amide bonds. The average molecular weight is 291 g/mol. The highest BCUT2D eigenvalue weighted by Gasteiger charge is 2.10.